The molecule has 2 atom stereocenters. The van der Waals surface area contributed by atoms with E-state index in [1.807, 2.05) is 61.8 Å². The molecule has 6 aromatic rings. The number of aromatic nitrogens is 7. The highest BCUT2D eigenvalue weighted by molar-refractivity contribution is 7.88. The van der Waals surface area contributed by atoms with E-state index in [1.165, 1.54) is 10.6 Å². The van der Waals surface area contributed by atoms with Gasteiger partial charge in [0.2, 0.25) is 10.0 Å². The second-order valence-corrected chi connectivity index (χ2v) is 21.6. The first-order chi connectivity index (χ1) is 35.8. The van der Waals surface area contributed by atoms with Crippen LogP contribution >= 0.6 is 0 Å². The minimum absolute atomic E-state index is 0.0143. The summed E-state index contributed by atoms with van der Waals surface area (Å²) in [7, 11) is 4.38. The Morgan fingerprint density at radius 3 is 2.01 bits per heavy atom. The average molecular weight is 1040 g/mol. The number of benzene rings is 2. The number of nitrogens with one attached hydrogen (secondary N) is 3. The minimum Gasteiger partial charge on any atom is -0.491 e. The molecule has 0 bridgehead atoms. The molecule has 3 fully saturated rings. The van der Waals surface area contributed by atoms with Gasteiger partial charge in [0.05, 0.1) is 11.9 Å². The fraction of sp³-hybridized carbons (Fsp3) is 0.509. The third-order valence-electron chi connectivity index (χ3n) is 14.3. The Morgan fingerprint density at radius 2 is 1.36 bits per heavy atom. The number of aromatic amines is 1. The molecule has 0 aliphatic carbocycles. The molecule has 2 unspecified atom stereocenters. The van der Waals surface area contributed by atoms with Gasteiger partial charge in [-0.1, -0.05) is 12.1 Å². The van der Waals surface area contributed by atoms with Gasteiger partial charge in [-0.05, 0) is 89.9 Å². The van der Waals surface area contributed by atoms with E-state index in [0.717, 1.165) is 70.8 Å². The lowest BCUT2D eigenvalue weighted by Gasteiger charge is -2.33. The molecule has 3 aliphatic heterocycles. The van der Waals surface area contributed by atoms with Crippen molar-refractivity contribution in [2.75, 3.05) is 110 Å². The van der Waals surface area contributed by atoms with Crippen molar-refractivity contribution >= 4 is 32.7 Å². The minimum atomic E-state index is -3.32. The van der Waals surface area contributed by atoms with Gasteiger partial charge in [-0.15, -0.1) is 0 Å². The van der Waals surface area contributed by atoms with Crippen molar-refractivity contribution in [1.82, 2.24) is 49.8 Å². The SMILES string of the molecule is CNCC(O)COc1cccc(-c2nc(-c3c[nH]c4nc(-c5cc(OCC(O)CNC)cc(-c6nc(C7CCN(S(C)(=O)=O)CC7)cc(N(C)C7CCOCC7)n6)c5)ncc34)c(C)c(N(C)C3CCOCC3)n2)c1. The number of aliphatic hydroxyl groups is 2. The molecule has 2 aromatic carbocycles. The zero-order chi connectivity index (χ0) is 51.9. The Morgan fingerprint density at radius 1 is 0.757 bits per heavy atom. The van der Waals surface area contributed by atoms with Crippen LogP contribution in [0.4, 0.5) is 11.6 Å². The lowest BCUT2D eigenvalue weighted by molar-refractivity contribution is 0.0852. The third-order valence-corrected chi connectivity index (χ3v) is 15.6. The second kappa shape index (κ2) is 23.7. The van der Waals surface area contributed by atoms with Gasteiger partial charge in [-0.2, -0.15) is 0 Å². The van der Waals surface area contributed by atoms with Gasteiger partial charge < -0.3 is 54.6 Å². The predicted molar refractivity (Wildman–Crippen MR) is 285 cm³/mol. The van der Waals surface area contributed by atoms with Gasteiger partial charge in [0.1, 0.15) is 54.2 Å². The quantitative estimate of drug-likeness (QED) is 0.0690. The van der Waals surface area contributed by atoms with E-state index in [0.29, 0.717) is 111 Å². The van der Waals surface area contributed by atoms with Gasteiger partial charge in [0.25, 0.3) is 0 Å². The number of aliphatic hydroxyl groups excluding tert-OH is 2. The van der Waals surface area contributed by atoms with Gasteiger partial charge in [-0.3, -0.25) is 0 Å². The maximum atomic E-state index is 12.5. The Labute approximate surface area is 433 Å². The smallest absolute Gasteiger partial charge is 0.211 e. The summed E-state index contributed by atoms with van der Waals surface area (Å²) in [5.74, 6) is 4.08. The largest absolute Gasteiger partial charge is 0.491 e. The van der Waals surface area contributed by atoms with Crippen molar-refractivity contribution in [1.29, 1.82) is 0 Å². The molecule has 7 heterocycles. The van der Waals surface area contributed by atoms with Crippen LogP contribution in [0, 0.1) is 6.92 Å². The normalized spacial score (nSPS) is 17.4. The monoisotopic (exact) mass is 1030 g/mol. The van der Waals surface area contributed by atoms with E-state index in [1.54, 1.807) is 14.1 Å². The molecule has 0 amide bonds. The van der Waals surface area contributed by atoms with Crippen molar-refractivity contribution in [3.05, 3.63) is 72.2 Å². The highest BCUT2D eigenvalue weighted by atomic mass is 32.2. The molecule has 4 aromatic heterocycles. The van der Waals surface area contributed by atoms with Crippen molar-refractivity contribution < 1.29 is 37.6 Å². The van der Waals surface area contributed by atoms with E-state index in [9.17, 15) is 18.6 Å². The Bertz CT molecular complexity index is 2980. The molecule has 21 heteroatoms. The first-order valence-corrected chi connectivity index (χ1v) is 27.5. The summed E-state index contributed by atoms with van der Waals surface area (Å²) in [5.41, 5.74) is 5.95. The summed E-state index contributed by atoms with van der Waals surface area (Å²) in [6.45, 7) is 6.48. The van der Waals surface area contributed by atoms with Crippen molar-refractivity contribution in [2.24, 2.45) is 0 Å². The standard InChI is InChI=1S/C53H70N12O8S/c1-33-48(60-50(62-53(33)64(5)39-14-20-71-21-15-39)35-8-7-9-42(23-35)72-31-40(66)27-54-2)44-29-57-52-45(44)30-56-49(61-52)36-22-37(25-43(24-36)73-32-41(67)28-55-3)51-58-46(34-10-16-65(17-11-34)74(6,68)69)26-47(59-51)63(4)38-12-18-70-19-13-38/h7-9,22-26,29-30,34,38-41,54-55,66-67H,10-21,27-28,31-32H2,1-6H3,(H,56,57,61). The number of ether oxygens (including phenoxy) is 4. The number of likely N-dealkylation sites (N-methyl/N-ethyl adjacent to an activating group) is 2. The summed E-state index contributed by atoms with van der Waals surface area (Å²) in [5, 5.41) is 27.8. The topological polar surface area (TPSA) is 238 Å². The van der Waals surface area contributed by atoms with Crippen LogP contribution in [0.15, 0.2) is 60.9 Å². The van der Waals surface area contributed by atoms with Crippen LogP contribution in [0.5, 0.6) is 11.5 Å². The number of hydrogen-bond donors (Lipinski definition) is 5. The second-order valence-electron chi connectivity index (χ2n) is 19.6. The van der Waals surface area contributed by atoms with E-state index in [-0.39, 0.29) is 31.2 Å². The predicted octanol–water partition coefficient (Wildman–Crippen LogP) is 4.80. The zero-order valence-corrected chi connectivity index (χ0v) is 44.1. The van der Waals surface area contributed by atoms with Crippen LogP contribution in [-0.4, -0.2) is 182 Å². The van der Waals surface area contributed by atoms with Crippen LogP contribution < -0.4 is 29.9 Å². The first kappa shape index (κ1) is 52.9. The molecule has 20 nitrogen and oxygen atoms in total. The fourth-order valence-corrected chi connectivity index (χ4v) is 11.0. The molecule has 74 heavy (non-hydrogen) atoms. The maximum absolute atomic E-state index is 12.5. The van der Waals surface area contributed by atoms with Gasteiger partial charge in [-0.25, -0.2) is 42.6 Å². The molecule has 396 valence electrons. The zero-order valence-electron chi connectivity index (χ0n) is 43.3. The summed E-state index contributed by atoms with van der Waals surface area (Å²) in [4.78, 5) is 38.8. The number of anilines is 2. The number of hydrogen-bond acceptors (Lipinski definition) is 18. The number of sulfonamides is 1. The van der Waals surface area contributed by atoms with Crippen molar-refractivity contribution in [2.45, 2.75) is 75.7 Å². The Hall–Kier alpha value is -5.91. The summed E-state index contributed by atoms with van der Waals surface area (Å²) < 4.78 is 50.2. The molecule has 0 spiro atoms. The fourth-order valence-electron chi connectivity index (χ4n) is 10.1. The molecule has 5 N–H and O–H groups in total. The summed E-state index contributed by atoms with van der Waals surface area (Å²) in [6.07, 6.45) is 8.26. The lowest BCUT2D eigenvalue weighted by Crippen LogP contribution is -2.38. The molecular formula is C53H70N12O8S. The molecule has 0 saturated carbocycles. The molecule has 0 radical (unpaired) electrons. The van der Waals surface area contributed by atoms with Crippen LogP contribution in [0.25, 0.3) is 56.5 Å². The number of rotatable bonds is 20. The maximum Gasteiger partial charge on any atom is 0.211 e. The average Bonchev–Trinajstić information content (AvgIpc) is 3.85. The third kappa shape index (κ3) is 12.4. The van der Waals surface area contributed by atoms with Crippen molar-refractivity contribution in [3.8, 4) is 56.9 Å². The van der Waals surface area contributed by atoms with E-state index in [4.69, 9.17) is 48.9 Å². The number of nitrogens with zero attached hydrogens (tertiary/aromatic N) is 9. The number of fused-ring (bicyclic) bond motifs is 1. The Balaban J connectivity index is 1.10. The highest BCUT2D eigenvalue weighted by Crippen LogP contribution is 2.38. The van der Waals surface area contributed by atoms with Crippen LogP contribution in [0.2, 0.25) is 0 Å². The van der Waals surface area contributed by atoms with Gasteiger partial charge >= 0.3 is 0 Å². The van der Waals surface area contributed by atoms with E-state index >= 15 is 0 Å². The van der Waals surface area contributed by atoms with Gasteiger partial charge in [0, 0.05) is 142 Å². The van der Waals surface area contributed by atoms with Gasteiger partial charge in [0.15, 0.2) is 17.5 Å². The highest BCUT2D eigenvalue weighted by Gasteiger charge is 2.30. The first-order valence-electron chi connectivity index (χ1n) is 25.6. The molecule has 3 saturated heterocycles. The number of H-pyrrole nitrogens is 1. The summed E-state index contributed by atoms with van der Waals surface area (Å²) in [6, 6.07) is 15.8. The van der Waals surface area contributed by atoms with Crippen LogP contribution in [0.1, 0.15) is 55.7 Å². The van der Waals surface area contributed by atoms with Crippen LogP contribution in [-0.2, 0) is 19.5 Å². The molecule has 3 aliphatic rings. The van der Waals surface area contributed by atoms with Crippen LogP contribution in [0.3, 0.4) is 0 Å². The van der Waals surface area contributed by atoms with Crippen molar-refractivity contribution in [3.63, 3.8) is 0 Å². The molecule has 9 rings (SSSR count). The van der Waals surface area contributed by atoms with E-state index < -0.39 is 22.2 Å². The summed E-state index contributed by atoms with van der Waals surface area (Å²) >= 11 is 0. The number of piperidine rings is 1. The van der Waals surface area contributed by atoms with E-state index in [2.05, 4.69) is 45.6 Å². The molecular weight excluding hydrogens is 965 g/mol. The Kier molecular flexibility index (Phi) is 17.0. The lowest BCUT2D eigenvalue weighted by atomic mass is 9.94.